The van der Waals surface area contributed by atoms with Crippen LogP contribution in [0.1, 0.15) is 19.3 Å². The third-order valence-corrected chi connectivity index (χ3v) is 5.58. The zero-order valence-corrected chi connectivity index (χ0v) is 11.3. The molecule has 1 atom stereocenters. The summed E-state index contributed by atoms with van der Waals surface area (Å²) in [7, 11) is 0. The third-order valence-electron chi connectivity index (χ3n) is 3.23. The number of nitrogens with zero attached hydrogens (tertiary/aromatic N) is 1. The predicted molar refractivity (Wildman–Crippen MR) is 68.7 cm³/mol. The zero-order valence-electron chi connectivity index (χ0n) is 9.59. The predicted octanol–water partition coefficient (Wildman–Crippen LogP) is 1.63. The number of fused-ring (bicyclic) bond motifs is 1. The van der Waals surface area contributed by atoms with Gasteiger partial charge in [-0.3, -0.25) is 0 Å². The van der Waals surface area contributed by atoms with Crippen LogP contribution in [0.25, 0.3) is 9.65 Å². The van der Waals surface area contributed by atoms with Gasteiger partial charge in [0.15, 0.2) is 0 Å². The quantitative estimate of drug-likeness (QED) is 0.806. The van der Waals surface area contributed by atoms with Crippen molar-refractivity contribution in [1.29, 1.82) is 0 Å². The normalized spacial score (nSPS) is 20.1. The standard InChI is InChI=1S/C13H15NO2Se/c15-13-11-5-1-2-6-12(11)17-14(13)8-7-10-4-3-9-16-10/h1-2,5-6,10H,3-4,7-9H2. The zero-order chi connectivity index (χ0) is 11.7. The van der Waals surface area contributed by atoms with E-state index in [1.165, 1.54) is 10.7 Å². The van der Waals surface area contributed by atoms with Crippen LogP contribution in [0.4, 0.5) is 0 Å². The van der Waals surface area contributed by atoms with Gasteiger partial charge in [-0.25, -0.2) is 0 Å². The molecule has 17 heavy (non-hydrogen) atoms. The van der Waals surface area contributed by atoms with E-state index in [4.69, 9.17) is 4.74 Å². The second kappa shape index (κ2) is 4.81. The van der Waals surface area contributed by atoms with Gasteiger partial charge in [0.2, 0.25) is 0 Å². The van der Waals surface area contributed by atoms with Crippen LogP contribution in [-0.2, 0) is 11.3 Å². The van der Waals surface area contributed by atoms with Crippen LogP contribution in [0.3, 0.4) is 0 Å². The van der Waals surface area contributed by atoms with E-state index in [9.17, 15) is 4.79 Å². The van der Waals surface area contributed by atoms with Gasteiger partial charge >= 0.3 is 106 Å². The SMILES string of the molecule is O=c1c2ccccc2[se]n1CCC1CCCO1. The molecule has 0 saturated carbocycles. The Balaban J connectivity index is 1.80. The minimum absolute atomic E-state index is 0.173. The van der Waals surface area contributed by atoms with E-state index in [0.717, 1.165) is 31.4 Å². The van der Waals surface area contributed by atoms with Crippen LogP contribution >= 0.6 is 0 Å². The van der Waals surface area contributed by atoms with Crippen molar-refractivity contribution in [3.63, 3.8) is 0 Å². The molecule has 0 N–H and O–H groups in total. The molecule has 0 aliphatic carbocycles. The van der Waals surface area contributed by atoms with Crippen molar-refractivity contribution in [1.82, 2.24) is 3.56 Å². The summed E-state index contributed by atoms with van der Waals surface area (Å²) >= 11 is 0.173. The Morgan fingerprint density at radius 3 is 3.06 bits per heavy atom. The topological polar surface area (TPSA) is 31.2 Å². The maximum absolute atomic E-state index is 12.1. The summed E-state index contributed by atoms with van der Waals surface area (Å²) in [6, 6.07) is 7.96. The van der Waals surface area contributed by atoms with E-state index < -0.39 is 0 Å². The molecule has 2 heterocycles. The van der Waals surface area contributed by atoms with Gasteiger partial charge in [-0.1, -0.05) is 0 Å². The van der Waals surface area contributed by atoms with Crippen molar-refractivity contribution in [3.05, 3.63) is 34.6 Å². The first kappa shape index (κ1) is 11.3. The number of hydrogen-bond donors (Lipinski definition) is 0. The minimum atomic E-state index is 0.173. The Kier molecular flexibility index (Phi) is 3.19. The molecule has 3 nitrogen and oxygen atoms in total. The number of benzene rings is 1. The van der Waals surface area contributed by atoms with Crippen LogP contribution in [-0.4, -0.2) is 31.0 Å². The van der Waals surface area contributed by atoms with Gasteiger partial charge in [-0.2, -0.15) is 0 Å². The molecule has 1 aliphatic rings. The van der Waals surface area contributed by atoms with E-state index in [0.29, 0.717) is 6.10 Å². The summed E-state index contributed by atoms with van der Waals surface area (Å²) in [6.45, 7) is 1.74. The van der Waals surface area contributed by atoms with E-state index in [2.05, 4.69) is 6.07 Å². The second-order valence-electron chi connectivity index (χ2n) is 4.42. The van der Waals surface area contributed by atoms with Crippen molar-refractivity contribution >= 4 is 24.4 Å². The third kappa shape index (κ3) is 2.25. The van der Waals surface area contributed by atoms with Gasteiger partial charge < -0.3 is 0 Å². The summed E-state index contributed by atoms with van der Waals surface area (Å²) in [4.78, 5) is 12.1. The van der Waals surface area contributed by atoms with Crippen LogP contribution in [0.5, 0.6) is 0 Å². The first-order valence-corrected chi connectivity index (χ1v) is 7.67. The van der Waals surface area contributed by atoms with Gasteiger partial charge in [0.25, 0.3) is 0 Å². The van der Waals surface area contributed by atoms with Crippen molar-refractivity contribution in [2.24, 2.45) is 0 Å². The molecule has 0 bridgehead atoms. The molecule has 0 spiro atoms. The van der Waals surface area contributed by atoms with Crippen molar-refractivity contribution in [3.8, 4) is 0 Å². The molecule has 90 valence electrons. The molecule has 1 fully saturated rings. The Labute approximate surface area is 106 Å². The number of hydrogen-bond acceptors (Lipinski definition) is 2. The van der Waals surface area contributed by atoms with Gasteiger partial charge in [0, 0.05) is 0 Å². The molecular formula is C13H15NO2Se. The number of rotatable bonds is 3. The van der Waals surface area contributed by atoms with Crippen LogP contribution in [0.15, 0.2) is 29.1 Å². The van der Waals surface area contributed by atoms with E-state index >= 15 is 0 Å². The molecule has 4 heteroatoms. The molecular weight excluding hydrogens is 281 g/mol. The summed E-state index contributed by atoms with van der Waals surface area (Å²) in [5.41, 5.74) is 0.207. The van der Waals surface area contributed by atoms with E-state index in [-0.39, 0.29) is 20.3 Å². The van der Waals surface area contributed by atoms with Crippen LogP contribution in [0.2, 0.25) is 0 Å². The molecule has 0 radical (unpaired) electrons. The molecule has 1 aliphatic heterocycles. The van der Waals surface area contributed by atoms with Crippen molar-refractivity contribution < 1.29 is 4.74 Å². The monoisotopic (exact) mass is 297 g/mol. The number of aromatic nitrogens is 1. The second-order valence-corrected chi connectivity index (χ2v) is 6.65. The van der Waals surface area contributed by atoms with Gasteiger partial charge in [-0.05, 0) is 0 Å². The van der Waals surface area contributed by atoms with Crippen molar-refractivity contribution in [2.45, 2.75) is 31.9 Å². The Bertz CT molecular complexity index is 566. The molecule has 1 aromatic heterocycles. The first-order chi connectivity index (χ1) is 8.34. The summed E-state index contributed by atoms with van der Waals surface area (Å²) in [6.07, 6.45) is 3.69. The van der Waals surface area contributed by atoms with Crippen LogP contribution < -0.4 is 5.56 Å². The van der Waals surface area contributed by atoms with Gasteiger partial charge in [-0.15, -0.1) is 0 Å². The molecule has 3 rings (SSSR count). The number of ether oxygens (including phenoxy) is 1. The van der Waals surface area contributed by atoms with Crippen LogP contribution in [0, 0.1) is 0 Å². The summed E-state index contributed by atoms with van der Waals surface area (Å²) < 4.78 is 8.81. The van der Waals surface area contributed by atoms with E-state index in [1.54, 1.807) is 0 Å². The van der Waals surface area contributed by atoms with Gasteiger partial charge in [0.05, 0.1) is 0 Å². The molecule has 2 aromatic rings. The Hall–Kier alpha value is -0.831. The first-order valence-electron chi connectivity index (χ1n) is 6.05. The fraction of sp³-hybridized carbons (Fsp3) is 0.462. The molecule has 1 unspecified atom stereocenters. The fourth-order valence-electron chi connectivity index (χ4n) is 2.30. The Morgan fingerprint density at radius 1 is 1.41 bits per heavy atom. The summed E-state index contributed by atoms with van der Waals surface area (Å²) in [5, 5.41) is 0.903. The summed E-state index contributed by atoms with van der Waals surface area (Å²) in [5.74, 6) is 0. The molecule has 1 saturated heterocycles. The van der Waals surface area contributed by atoms with Crippen molar-refractivity contribution in [2.75, 3.05) is 6.61 Å². The Morgan fingerprint density at radius 2 is 2.29 bits per heavy atom. The average Bonchev–Trinajstić information content (AvgIpc) is 2.96. The maximum atomic E-state index is 12.1. The average molecular weight is 296 g/mol. The van der Waals surface area contributed by atoms with E-state index in [1.807, 2.05) is 21.8 Å². The fourth-order valence-corrected chi connectivity index (χ4v) is 4.41. The molecule has 1 aromatic carbocycles. The number of aryl methyl sites for hydroxylation is 1. The molecule has 0 amide bonds. The van der Waals surface area contributed by atoms with Gasteiger partial charge in [0.1, 0.15) is 0 Å².